The fraction of sp³-hybridized carbons (Fsp3) is 0.571. The Morgan fingerprint density at radius 1 is 1.19 bits per heavy atom. The summed E-state index contributed by atoms with van der Waals surface area (Å²) in [6.45, 7) is 14.0. The number of aryl methyl sites for hydroxylation is 2. The highest BCUT2D eigenvalue weighted by molar-refractivity contribution is 7.90. The molecule has 1 aliphatic carbocycles. The lowest BCUT2D eigenvalue weighted by molar-refractivity contribution is 0.111. The van der Waals surface area contributed by atoms with Crippen molar-refractivity contribution in [3.05, 3.63) is 39.7 Å². The van der Waals surface area contributed by atoms with Crippen molar-refractivity contribution in [2.24, 2.45) is 5.41 Å². The van der Waals surface area contributed by atoms with E-state index in [1.54, 1.807) is 6.33 Å². The summed E-state index contributed by atoms with van der Waals surface area (Å²) in [5.74, 6) is 1.27. The standard InChI is InChI=1S/C28H37N5O2S2/c1-16(2)22-23-19(5)25(20-11-28(12-20)7-8-32(14-28)9-10-37(6,34)35)36-27(23)31-24(22)21-13-33-26(29-15-30-33)18(4)17(21)3/h13,15-16,20,31H,7-12,14H2,1-6H3. The molecule has 6 rings (SSSR count). The number of nitrogens with one attached hydrogen (secondary N) is 1. The lowest BCUT2D eigenvalue weighted by atomic mass is 9.60. The molecule has 4 aromatic heterocycles. The summed E-state index contributed by atoms with van der Waals surface area (Å²) in [5.41, 5.74) is 8.96. The molecule has 0 unspecified atom stereocenters. The summed E-state index contributed by atoms with van der Waals surface area (Å²) in [5, 5.41) is 5.83. The zero-order chi connectivity index (χ0) is 26.3. The predicted molar refractivity (Wildman–Crippen MR) is 152 cm³/mol. The lowest BCUT2D eigenvalue weighted by Crippen LogP contribution is -2.39. The first-order chi connectivity index (χ1) is 17.5. The number of likely N-dealkylation sites (tertiary alicyclic amines) is 1. The van der Waals surface area contributed by atoms with E-state index in [-0.39, 0.29) is 5.75 Å². The molecule has 7 nitrogen and oxygen atoms in total. The molecule has 2 aliphatic rings. The van der Waals surface area contributed by atoms with Crippen molar-refractivity contribution in [3.63, 3.8) is 0 Å². The molecule has 37 heavy (non-hydrogen) atoms. The molecule has 0 radical (unpaired) electrons. The van der Waals surface area contributed by atoms with Gasteiger partial charge in [0.25, 0.3) is 0 Å². The van der Waals surface area contributed by atoms with Gasteiger partial charge in [0, 0.05) is 41.4 Å². The third-order valence-electron chi connectivity index (χ3n) is 8.96. The van der Waals surface area contributed by atoms with Crippen LogP contribution >= 0.6 is 11.3 Å². The Labute approximate surface area is 223 Å². The van der Waals surface area contributed by atoms with E-state index in [1.807, 2.05) is 15.9 Å². The van der Waals surface area contributed by atoms with E-state index in [9.17, 15) is 8.42 Å². The van der Waals surface area contributed by atoms with E-state index < -0.39 is 9.84 Å². The van der Waals surface area contributed by atoms with E-state index >= 15 is 0 Å². The summed E-state index contributed by atoms with van der Waals surface area (Å²) in [6.07, 6.45) is 8.72. The van der Waals surface area contributed by atoms with Gasteiger partial charge in [0.05, 0.1) is 11.4 Å². The second kappa shape index (κ2) is 8.64. The Kier molecular flexibility index (Phi) is 5.86. The van der Waals surface area contributed by atoms with Gasteiger partial charge in [0.2, 0.25) is 0 Å². The highest BCUT2D eigenvalue weighted by atomic mass is 32.2. The number of sulfone groups is 1. The molecule has 0 aromatic carbocycles. The fourth-order valence-electron chi connectivity index (χ4n) is 6.90. The number of aromatic amines is 1. The van der Waals surface area contributed by atoms with E-state index in [0.29, 0.717) is 23.8 Å². The molecule has 0 atom stereocenters. The van der Waals surface area contributed by atoms with Gasteiger partial charge in [-0.1, -0.05) is 13.8 Å². The number of hydrogen-bond donors (Lipinski definition) is 1. The predicted octanol–water partition coefficient (Wildman–Crippen LogP) is 5.60. The van der Waals surface area contributed by atoms with E-state index in [2.05, 4.69) is 60.8 Å². The van der Waals surface area contributed by atoms with Crippen molar-refractivity contribution < 1.29 is 8.42 Å². The number of aromatic nitrogens is 4. The van der Waals surface area contributed by atoms with Gasteiger partial charge in [-0.3, -0.25) is 0 Å². The van der Waals surface area contributed by atoms with Crippen molar-refractivity contribution in [1.29, 1.82) is 0 Å². The molecule has 198 valence electrons. The van der Waals surface area contributed by atoms with Crippen LogP contribution in [0.25, 0.3) is 27.1 Å². The van der Waals surface area contributed by atoms with Gasteiger partial charge in [-0.2, -0.15) is 5.10 Å². The SMILES string of the molecule is Cc1c(-c2[nH]c3sc(C4CC5(CCN(CCS(C)(=O)=O)C5)C4)c(C)c3c2C(C)C)cn2ncnc2c1C. The van der Waals surface area contributed by atoms with Crippen LogP contribution in [-0.2, 0) is 9.84 Å². The van der Waals surface area contributed by atoms with Crippen molar-refractivity contribution in [1.82, 2.24) is 24.5 Å². The van der Waals surface area contributed by atoms with Crippen LogP contribution in [0.5, 0.6) is 0 Å². The lowest BCUT2D eigenvalue weighted by Gasteiger charge is -2.45. The van der Waals surface area contributed by atoms with Crippen LogP contribution in [0, 0.1) is 26.2 Å². The largest absolute Gasteiger partial charge is 0.346 e. The Balaban J connectivity index is 1.30. The number of pyridine rings is 1. The average Bonchev–Trinajstić information content (AvgIpc) is 3.56. The highest BCUT2D eigenvalue weighted by Gasteiger charge is 2.49. The van der Waals surface area contributed by atoms with E-state index in [0.717, 1.165) is 18.7 Å². The summed E-state index contributed by atoms with van der Waals surface area (Å²) >= 11 is 1.94. The molecule has 0 amide bonds. The minimum absolute atomic E-state index is 0.268. The summed E-state index contributed by atoms with van der Waals surface area (Å²) in [7, 11) is -2.90. The van der Waals surface area contributed by atoms with Gasteiger partial charge >= 0.3 is 0 Å². The molecule has 9 heteroatoms. The summed E-state index contributed by atoms with van der Waals surface area (Å²) in [6, 6.07) is 0. The van der Waals surface area contributed by atoms with Crippen LogP contribution in [0.15, 0.2) is 12.5 Å². The molecule has 0 bridgehead atoms. The van der Waals surface area contributed by atoms with Crippen LogP contribution in [0.2, 0.25) is 0 Å². The molecular weight excluding hydrogens is 502 g/mol. The van der Waals surface area contributed by atoms with Crippen LogP contribution in [0.4, 0.5) is 0 Å². The molecule has 1 saturated carbocycles. The van der Waals surface area contributed by atoms with Crippen molar-refractivity contribution >= 4 is 37.0 Å². The Bertz CT molecular complexity index is 1620. The second-order valence-corrected chi connectivity index (χ2v) is 15.3. The minimum Gasteiger partial charge on any atom is -0.346 e. The smallest absolute Gasteiger partial charge is 0.158 e. The topological polar surface area (TPSA) is 83.4 Å². The van der Waals surface area contributed by atoms with E-state index in [4.69, 9.17) is 0 Å². The van der Waals surface area contributed by atoms with Gasteiger partial charge in [0.15, 0.2) is 5.65 Å². The van der Waals surface area contributed by atoms with Crippen molar-refractivity contribution in [2.45, 2.75) is 65.7 Å². The zero-order valence-electron chi connectivity index (χ0n) is 22.7. The van der Waals surface area contributed by atoms with Crippen LogP contribution in [-0.4, -0.2) is 64.5 Å². The third-order valence-corrected chi connectivity index (χ3v) is 11.3. The first-order valence-corrected chi connectivity index (χ1v) is 16.2. The van der Waals surface area contributed by atoms with Gasteiger partial charge in [-0.15, -0.1) is 11.3 Å². The molecule has 1 N–H and O–H groups in total. The average molecular weight is 540 g/mol. The number of fused-ring (bicyclic) bond motifs is 2. The molecule has 1 spiro atoms. The normalized spacial score (nSPS) is 22.7. The molecule has 2 fully saturated rings. The number of rotatable bonds is 6. The quantitative estimate of drug-likeness (QED) is 0.345. The molecule has 4 aromatic rings. The fourth-order valence-corrected chi connectivity index (χ4v) is 8.82. The molecule has 1 saturated heterocycles. The van der Waals surface area contributed by atoms with Gasteiger partial charge in [-0.25, -0.2) is 17.9 Å². The number of hydrogen-bond acceptors (Lipinski definition) is 6. The first-order valence-electron chi connectivity index (χ1n) is 13.3. The van der Waals surface area contributed by atoms with Crippen LogP contribution < -0.4 is 0 Å². The zero-order valence-corrected chi connectivity index (χ0v) is 24.3. The molecule has 5 heterocycles. The Hall–Kier alpha value is -2.23. The van der Waals surface area contributed by atoms with Crippen LogP contribution in [0.3, 0.4) is 0 Å². The van der Waals surface area contributed by atoms with Crippen LogP contribution in [0.1, 0.15) is 72.1 Å². The summed E-state index contributed by atoms with van der Waals surface area (Å²) < 4.78 is 25.1. The van der Waals surface area contributed by atoms with Gasteiger partial charge < -0.3 is 9.88 Å². The van der Waals surface area contributed by atoms with E-state index in [1.165, 1.54) is 74.1 Å². The third kappa shape index (κ3) is 4.14. The highest BCUT2D eigenvalue weighted by Crippen LogP contribution is 2.58. The monoisotopic (exact) mass is 539 g/mol. The number of thiophene rings is 1. The molecular formula is C28H37N5O2S2. The second-order valence-electron chi connectivity index (χ2n) is 11.9. The number of H-pyrrole nitrogens is 1. The Morgan fingerprint density at radius 2 is 1.95 bits per heavy atom. The Morgan fingerprint density at radius 3 is 2.65 bits per heavy atom. The maximum Gasteiger partial charge on any atom is 0.158 e. The maximum absolute atomic E-state index is 11.6. The summed E-state index contributed by atoms with van der Waals surface area (Å²) in [4.78, 5) is 13.5. The maximum atomic E-state index is 11.6. The van der Waals surface area contributed by atoms with Gasteiger partial charge in [0.1, 0.15) is 21.0 Å². The number of nitrogens with zero attached hydrogens (tertiary/aromatic N) is 4. The molecule has 1 aliphatic heterocycles. The van der Waals surface area contributed by atoms with Crippen molar-refractivity contribution in [3.8, 4) is 11.3 Å². The minimum atomic E-state index is -2.90. The van der Waals surface area contributed by atoms with Gasteiger partial charge in [-0.05, 0) is 86.1 Å². The first kappa shape index (κ1) is 25.1. The van der Waals surface area contributed by atoms with Crippen molar-refractivity contribution in [2.75, 3.05) is 31.6 Å².